The number of allylic oxidation sites excluding steroid dienone is 1. The van der Waals surface area contributed by atoms with E-state index in [0.29, 0.717) is 0 Å². The van der Waals surface area contributed by atoms with Crippen molar-refractivity contribution in [3.05, 3.63) is 12.7 Å². The number of aliphatic carboxylic acids is 1. The molecule has 0 saturated heterocycles. The van der Waals surface area contributed by atoms with Gasteiger partial charge in [0.2, 0.25) is 5.91 Å². The number of carboxylic acid groups (broad SMARTS) is 1. The van der Waals surface area contributed by atoms with Gasteiger partial charge in [-0.2, -0.15) is 0 Å². The minimum atomic E-state index is -1.01. The molecular formula is C10H17NO4. The number of aliphatic hydroxyl groups is 1. The Morgan fingerprint density at radius 2 is 2.13 bits per heavy atom. The molecule has 1 amide bonds. The molecule has 0 heterocycles. The number of aliphatic hydroxyl groups excluding tert-OH is 1. The Hall–Kier alpha value is -1.36. The Balaban J connectivity index is 4.10. The highest BCUT2D eigenvalue weighted by atomic mass is 16.4. The van der Waals surface area contributed by atoms with Crippen LogP contribution in [0.3, 0.4) is 0 Å². The molecule has 2 atom stereocenters. The van der Waals surface area contributed by atoms with Gasteiger partial charge in [-0.15, -0.1) is 6.58 Å². The van der Waals surface area contributed by atoms with Crippen LogP contribution in [0.5, 0.6) is 0 Å². The molecule has 0 aromatic heterocycles. The van der Waals surface area contributed by atoms with Gasteiger partial charge in [0.1, 0.15) is 0 Å². The van der Waals surface area contributed by atoms with E-state index in [1.165, 1.54) is 6.08 Å². The molecule has 0 aromatic rings. The zero-order valence-corrected chi connectivity index (χ0v) is 8.77. The van der Waals surface area contributed by atoms with E-state index in [0.717, 1.165) is 0 Å². The van der Waals surface area contributed by atoms with E-state index in [-0.39, 0.29) is 31.4 Å². The van der Waals surface area contributed by atoms with Crippen molar-refractivity contribution in [2.45, 2.75) is 25.8 Å². The number of nitrogens with one attached hydrogen (secondary N) is 1. The summed E-state index contributed by atoms with van der Waals surface area (Å²) in [5, 5.41) is 19.9. The number of hydrogen-bond acceptors (Lipinski definition) is 3. The van der Waals surface area contributed by atoms with Gasteiger partial charge >= 0.3 is 5.97 Å². The van der Waals surface area contributed by atoms with Crippen LogP contribution in [0, 0.1) is 5.92 Å². The van der Waals surface area contributed by atoms with Crippen LogP contribution in [0.15, 0.2) is 12.7 Å². The monoisotopic (exact) mass is 215 g/mol. The van der Waals surface area contributed by atoms with Gasteiger partial charge in [0.05, 0.1) is 12.5 Å². The highest BCUT2D eigenvalue weighted by Crippen LogP contribution is 2.09. The van der Waals surface area contributed by atoms with Gasteiger partial charge in [0.15, 0.2) is 0 Å². The van der Waals surface area contributed by atoms with Gasteiger partial charge in [-0.1, -0.05) is 6.08 Å². The van der Waals surface area contributed by atoms with Crippen molar-refractivity contribution in [3.63, 3.8) is 0 Å². The molecule has 0 fully saturated rings. The fourth-order valence-electron chi connectivity index (χ4n) is 1.08. The fraction of sp³-hybridized carbons (Fsp3) is 0.600. The molecule has 0 aliphatic heterocycles. The predicted molar refractivity (Wildman–Crippen MR) is 55.2 cm³/mol. The van der Waals surface area contributed by atoms with E-state index >= 15 is 0 Å². The number of carboxylic acids is 1. The van der Waals surface area contributed by atoms with Crippen LogP contribution in [-0.2, 0) is 9.59 Å². The molecule has 5 nitrogen and oxygen atoms in total. The van der Waals surface area contributed by atoms with Crippen molar-refractivity contribution in [1.82, 2.24) is 5.32 Å². The average Bonchev–Trinajstić information content (AvgIpc) is 2.16. The second kappa shape index (κ2) is 7.00. The topological polar surface area (TPSA) is 86.6 Å². The summed E-state index contributed by atoms with van der Waals surface area (Å²) in [6.07, 6.45) is 1.64. The fourth-order valence-corrected chi connectivity index (χ4v) is 1.08. The van der Waals surface area contributed by atoms with Gasteiger partial charge in [-0.25, -0.2) is 0 Å². The predicted octanol–water partition coefficient (Wildman–Crippen LogP) is 0.150. The molecule has 0 spiro atoms. The Morgan fingerprint density at radius 3 is 2.53 bits per heavy atom. The summed E-state index contributed by atoms with van der Waals surface area (Å²) >= 11 is 0. The minimum absolute atomic E-state index is 0.0916. The normalized spacial score (nSPS) is 14.0. The Kier molecular flexibility index (Phi) is 6.37. The quantitative estimate of drug-likeness (QED) is 0.528. The molecule has 0 bridgehead atoms. The molecule has 0 saturated carbocycles. The maximum Gasteiger partial charge on any atom is 0.307 e. The van der Waals surface area contributed by atoms with Crippen molar-refractivity contribution >= 4 is 11.9 Å². The smallest absolute Gasteiger partial charge is 0.307 e. The SMILES string of the molecule is C=CC[C@@H](CC(=O)N[C@H](C)CO)C(=O)O. The van der Waals surface area contributed by atoms with E-state index in [4.69, 9.17) is 10.2 Å². The van der Waals surface area contributed by atoms with E-state index < -0.39 is 11.9 Å². The lowest BCUT2D eigenvalue weighted by Crippen LogP contribution is -2.36. The highest BCUT2D eigenvalue weighted by molar-refractivity contribution is 5.82. The Bertz CT molecular complexity index is 240. The maximum atomic E-state index is 11.3. The van der Waals surface area contributed by atoms with E-state index in [1.54, 1.807) is 6.92 Å². The molecule has 5 heteroatoms. The summed E-state index contributed by atoms with van der Waals surface area (Å²) in [7, 11) is 0. The molecular weight excluding hydrogens is 198 g/mol. The van der Waals surface area contributed by atoms with Crippen LogP contribution in [0.4, 0.5) is 0 Å². The summed E-state index contributed by atoms with van der Waals surface area (Å²) in [5.41, 5.74) is 0. The molecule has 15 heavy (non-hydrogen) atoms. The first-order chi connectivity index (χ1) is 7.01. The van der Waals surface area contributed by atoms with Crippen LogP contribution in [0.1, 0.15) is 19.8 Å². The lowest BCUT2D eigenvalue weighted by molar-refractivity contribution is -0.144. The molecule has 0 aliphatic carbocycles. The van der Waals surface area contributed by atoms with Gasteiger partial charge in [-0.05, 0) is 13.3 Å². The molecule has 0 aromatic carbocycles. The van der Waals surface area contributed by atoms with Crippen LogP contribution >= 0.6 is 0 Å². The van der Waals surface area contributed by atoms with Crippen LogP contribution in [-0.4, -0.2) is 34.7 Å². The lowest BCUT2D eigenvalue weighted by atomic mass is 10.0. The van der Waals surface area contributed by atoms with Gasteiger partial charge < -0.3 is 15.5 Å². The molecule has 0 unspecified atom stereocenters. The second-order valence-electron chi connectivity index (χ2n) is 3.41. The van der Waals surface area contributed by atoms with Gasteiger partial charge in [-0.3, -0.25) is 9.59 Å². The minimum Gasteiger partial charge on any atom is -0.481 e. The van der Waals surface area contributed by atoms with Crippen molar-refractivity contribution < 1.29 is 19.8 Å². The van der Waals surface area contributed by atoms with Crippen molar-refractivity contribution in [2.75, 3.05) is 6.61 Å². The van der Waals surface area contributed by atoms with Crippen LogP contribution in [0.25, 0.3) is 0 Å². The molecule has 0 radical (unpaired) electrons. The summed E-state index contributed by atoms with van der Waals surface area (Å²) in [5.74, 6) is -2.12. The molecule has 0 rings (SSSR count). The van der Waals surface area contributed by atoms with Gasteiger partial charge in [0, 0.05) is 12.5 Å². The van der Waals surface area contributed by atoms with Crippen molar-refractivity contribution in [3.8, 4) is 0 Å². The number of rotatable bonds is 7. The third-order valence-corrected chi connectivity index (χ3v) is 1.91. The zero-order valence-electron chi connectivity index (χ0n) is 8.77. The first-order valence-electron chi connectivity index (χ1n) is 4.75. The highest BCUT2D eigenvalue weighted by Gasteiger charge is 2.20. The van der Waals surface area contributed by atoms with E-state index in [2.05, 4.69) is 11.9 Å². The Labute approximate surface area is 88.8 Å². The second-order valence-corrected chi connectivity index (χ2v) is 3.41. The van der Waals surface area contributed by atoms with Crippen LogP contribution in [0.2, 0.25) is 0 Å². The first kappa shape index (κ1) is 13.6. The number of carbonyl (C=O) groups excluding carboxylic acids is 1. The summed E-state index contributed by atoms with van der Waals surface area (Å²) in [6, 6.07) is -0.351. The molecule has 86 valence electrons. The van der Waals surface area contributed by atoms with E-state index in [1.807, 2.05) is 0 Å². The summed E-state index contributed by atoms with van der Waals surface area (Å²) < 4.78 is 0. The number of carbonyl (C=O) groups is 2. The zero-order chi connectivity index (χ0) is 11.8. The third-order valence-electron chi connectivity index (χ3n) is 1.91. The number of hydrogen-bond donors (Lipinski definition) is 3. The average molecular weight is 215 g/mol. The lowest BCUT2D eigenvalue weighted by Gasteiger charge is -2.13. The van der Waals surface area contributed by atoms with Crippen molar-refractivity contribution in [1.29, 1.82) is 0 Å². The first-order valence-corrected chi connectivity index (χ1v) is 4.75. The van der Waals surface area contributed by atoms with Crippen LogP contribution < -0.4 is 5.32 Å². The molecule has 3 N–H and O–H groups in total. The number of amides is 1. The van der Waals surface area contributed by atoms with E-state index in [9.17, 15) is 9.59 Å². The van der Waals surface area contributed by atoms with Crippen molar-refractivity contribution in [2.24, 2.45) is 5.92 Å². The maximum absolute atomic E-state index is 11.3. The third kappa shape index (κ3) is 5.85. The van der Waals surface area contributed by atoms with Gasteiger partial charge in [0.25, 0.3) is 0 Å². The summed E-state index contributed by atoms with van der Waals surface area (Å²) in [4.78, 5) is 22.0. The standard InChI is InChI=1S/C10H17NO4/c1-3-4-8(10(14)15)5-9(13)11-7(2)6-12/h3,7-8,12H,1,4-6H2,2H3,(H,11,13)(H,14,15)/t7-,8+/m1/s1. The largest absolute Gasteiger partial charge is 0.481 e. The summed E-state index contributed by atoms with van der Waals surface area (Å²) in [6.45, 7) is 4.91. The molecule has 0 aliphatic rings. The Morgan fingerprint density at radius 1 is 1.53 bits per heavy atom.